The van der Waals surface area contributed by atoms with Gasteiger partial charge in [0.05, 0.1) is 5.02 Å². The van der Waals surface area contributed by atoms with Gasteiger partial charge in [0.25, 0.3) is 0 Å². The van der Waals surface area contributed by atoms with Gasteiger partial charge in [-0.25, -0.2) is 0 Å². The van der Waals surface area contributed by atoms with Crippen LogP contribution < -0.4 is 0 Å². The first-order chi connectivity index (χ1) is 5.68. The van der Waals surface area contributed by atoms with Crippen molar-refractivity contribution in [2.45, 2.75) is 25.7 Å². The molecule has 0 saturated heterocycles. The van der Waals surface area contributed by atoms with E-state index in [1.807, 2.05) is 13.0 Å². The molecule has 1 N–H and O–H groups in total. The number of aromatic hydroxyl groups is 1. The first-order valence-corrected chi connectivity index (χ1v) is 4.55. The lowest BCUT2D eigenvalue weighted by Crippen LogP contribution is -1.84. The van der Waals surface area contributed by atoms with Crippen molar-refractivity contribution >= 4 is 11.6 Å². The summed E-state index contributed by atoms with van der Waals surface area (Å²) >= 11 is 5.84. The molecule has 0 bridgehead atoms. The van der Waals surface area contributed by atoms with Crippen molar-refractivity contribution < 1.29 is 5.11 Å². The quantitative estimate of drug-likeness (QED) is 0.707. The van der Waals surface area contributed by atoms with Gasteiger partial charge in [-0.2, -0.15) is 0 Å². The van der Waals surface area contributed by atoms with E-state index in [1.165, 1.54) is 12.8 Å². The van der Waals surface area contributed by atoms with Gasteiger partial charge >= 0.3 is 0 Å². The molecule has 2 rings (SSSR count). The van der Waals surface area contributed by atoms with Crippen molar-refractivity contribution in [1.29, 1.82) is 0 Å². The van der Waals surface area contributed by atoms with Crippen molar-refractivity contribution in [3.63, 3.8) is 0 Å². The van der Waals surface area contributed by atoms with E-state index in [1.54, 1.807) is 6.07 Å². The minimum atomic E-state index is 0.282. The topological polar surface area (TPSA) is 20.2 Å². The van der Waals surface area contributed by atoms with E-state index >= 15 is 0 Å². The molecular formula is C10H11ClO. The fourth-order valence-electron chi connectivity index (χ4n) is 1.47. The third-order valence-corrected chi connectivity index (χ3v) is 2.54. The molecule has 1 fully saturated rings. The highest BCUT2D eigenvalue weighted by atomic mass is 35.5. The van der Waals surface area contributed by atoms with E-state index in [-0.39, 0.29) is 5.75 Å². The van der Waals surface area contributed by atoms with Gasteiger partial charge in [0.1, 0.15) is 5.75 Å². The second-order valence-electron chi connectivity index (χ2n) is 3.46. The maximum absolute atomic E-state index is 9.60. The third-order valence-electron chi connectivity index (χ3n) is 2.25. The van der Waals surface area contributed by atoms with Gasteiger partial charge in [-0.3, -0.25) is 0 Å². The van der Waals surface area contributed by atoms with E-state index in [0.29, 0.717) is 10.9 Å². The van der Waals surface area contributed by atoms with Crippen LogP contribution in [0.15, 0.2) is 12.1 Å². The van der Waals surface area contributed by atoms with E-state index in [2.05, 4.69) is 0 Å². The zero-order chi connectivity index (χ0) is 8.72. The summed E-state index contributed by atoms with van der Waals surface area (Å²) in [6.45, 7) is 2.00. The molecule has 1 aliphatic carbocycles. The number of rotatable bonds is 1. The number of phenols is 1. The molecule has 0 radical (unpaired) electrons. The molecule has 0 heterocycles. The standard InChI is InChI=1S/C10H11ClO/c1-6-4-8(7-2-3-7)10(12)9(11)5-6/h4-5,7,12H,2-3H2,1H3. The van der Waals surface area contributed by atoms with Gasteiger partial charge in [0.15, 0.2) is 0 Å². The van der Waals surface area contributed by atoms with Crippen LogP contribution in [0, 0.1) is 6.92 Å². The molecule has 0 aliphatic heterocycles. The third kappa shape index (κ3) is 1.29. The Hall–Kier alpha value is -0.690. The first-order valence-electron chi connectivity index (χ1n) is 4.17. The Morgan fingerprint density at radius 1 is 1.42 bits per heavy atom. The van der Waals surface area contributed by atoms with Gasteiger partial charge in [0.2, 0.25) is 0 Å². The van der Waals surface area contributed by atoms with Crippen molar-refractivity contribution in [3.8, 4) is 5.75 Å². The van der Waals surface area contributed by atoms with Gasteiger partial charge < -0.3 is 5.11 Å². The second kappa shape index (κ2) is 2.67. The van der Waals surface area contributed by atoms with Gasteiger partial charge in [-0.1, -0.05) is 17.7 Å². The van der Waals surface area contributed by atoms with Crippen molar-refractivity contribution in [3.05, 3.63) is 28.3 Å². The lowest BCUT2D eigenvalue weighted by atomic mass is 10.1. The summed E-state index contributed by atoms with van der Waals surface area (Å²) in [5, 5.41) is 10.1. The largest absolute Gasteiger partial charge is 0.506 e. The highest BCUT2D eigenvalue weighted by Gasteiger charge is 2.27. The Kier molecular flexibility index (Phi) is 1.76. The van der Waals surface area contributed by atoms with Crippen LogP contribution in [0.1, 0.15) is 29.9 Å². The summed E-state index contributed by atoms with van der Waals surface area (Å²) in [5.41, 5.74) is 2.15. The molecule has 1 aromatic carbocycles. The molecule has 0 aromatic heterocycles. The number of hydrogen-bond donors (Lipinski definition) is 1. The fraction of sp³-hybridized carbons (Fsp3) is 0.400. The summed E-state index contributed by atoms with van der Waals surface area (Å²) in [4.78, 5) is 0. The summed E-state index contributed by atoms with van der Waals surface area (Å²) in [7, 11) is 0. The Labute approximate surface area is 77.0 Å². The monoisotopic (exact) mass is 182 g/mol. The molecule has 0 unspecified atom stereocenters. The lowest BCUT2D eigenvalue weighted by Gasteiger charge is -2.05. The van der Waals surface area contributed by atoms with Crippen LogP contribution in [0.4, 0.5) is 0 Å². The van der Waals surface area contributed by atoms with E-state index in [9.17, 15) is 5.11 Å². The van der Waals surface area contributed by atoms with Crippen LogP contribution in [0.5, 0.6) is 5.75 Å². The highest BCUT2D eigenvalue weighted by Crippen LogP contribution is 2.46. The zero-order valence-electron chi connectivity index (χ0n) is 6.97. The Bertz CT molecular complexity index is 316. The molecule has 1 aliphatic rings. The van der Waals surface area contributed by atoms with Crippen LogP contribution in [0.3, 0.4) is 0 Å². The first kappa shape index (κ1) is 7.93. The predicted octanol–water partition coefficient (Wildman–Crippen LogP) is 3.23. The Balaban J connectivity index is 2.51. The molecule has 0 atom stereocenters. The Morgan fingerprint density at radius 3 is 2.67 bits per heavy atom. The Morgan fingerprint density at radius 2 is 2.08 bits per heavy atom. The van der Waals surface area contributed by atoms with E-state index in [4.69, 9.17) is 11.6 Å². The smallest absolute Gasteiger partial charge is 0.137 e. The van der Waals surface area contributed by atoms with Crippen molar-refractivity contribution in [2.75, 3.05) is 0 Å². The van der Waals surface area contributed by atoms with Crippen molar-refractivity contribution in [1.82, 2.24) is 0 Å². The number of aryl methyl sites for hydroxylation is 1. The number of halogens is 1. The van der Waals surface area contributed by atoms with Gasteiger partial charge in [0, 0.05) is 0 Å². The fourth-order valence-corrected chi connectivity index (χ4v) is 1.75. The molecule has 1 saturated carbocycles. The highest BCUT2D eigenvalue weighted by molar-refractivity contribution is 6.32. The van der Waals surface area contributed by atoms with Crippen LogP contribution >= 0.6 is 11.6 Å². The van der Waals surface area contributed by atoms with Gasteiger partial charge in [-0.15, -0.1) is 0 Å². The maximum atomic E-state index is 9.60. The van der Waals surface area contributed by atoms with Crippen LogP contribution in [-0.2, 0) is 0 Å². The van der Waals surface area contributed by atoms with E-state index < -0.39 is 0 Å². The normalized spacial score (nSPS) is 16.5. The number of hydrogen-bond acceptors (Lipinski definition) is 1. The zero-order valence-corrected chi connectivity index (χ0v) is 7.73. The summed E-state index contributed by atoms with van der Waals surface area (Å²) in [6, 6.07) is 3.82. The lowest BCUT2D eigenvalue weighted by molar-refractivity contribution is 0.468. The minimum absolute atomic E-state index is 0.282. The average molecular weight is 183 g/mol. The number of benzene rings is 1. The molecule has 12 heavy (non-hydrogen) atoms. The minimum Gasteiger partial charge on any atom is -0.506 e. The number of phenolic OH excluding ortho intramolecular Hbond substituents is 1. The maximum Gasteiger partial charge on any atom is 0.137 e. The molecule has 2 heteroatoms. The van der Waals surface area contributed by atoms with Crippen molar-refractivity contribution in [2.24, 2.45) is 0 Å². The molecular weight excluding hydrogens is 172 g/mol. The average Bonchev–Trinajstić information content (AvgIpc) is 2.79. The van der Waals surface area contributed by atoms with Crippen LogP contribution in [-0.4, -0.2) is 5.11 Å². The molecule has 1 aromatic rings. The second-order valence-corrected chi connectivity index (χ2v) is 3.87. The van der Waals surface area contributed by atoms with Crippen LogP contribution in [0.25, 0.3) is 0 Å². The SMILES string of the molecule is Cc1cc(Cl)c(O)c(C2CC2)c1. The molecule has 0 amide bonds. The summed E-state index contributed by atoms with van der Waals surface area (Å²) in [5.74, 6) is 0.840. The van der Waals surface area contributed by atoms with E-state index in [0.717, 1.165) is 11.1 Å². The van der Waals surface area contributed by atoms with Crippen LogP contribution in [0.2, 0.25) is 5.02 Å². The predicted molar refractivity (Wildman–Crippen MR) is 49.8 cm³/mol. The molecule has 64 valence electrons. The molecule has 0 spiro atoms. The molecule has 1 nitrogen and oxygen atoms in total. The summed E-state index contributed by atoms with van der Waals surface area (Å²) < 4.78 is 0. The summed E-state index contributed by atoms with van der Waals surface area (Å²) in [6.07, 6.45) is 2.38. The van der Waals surface area contributed by atoms with Gasteiger partial charge in [-0.05, 0) is 42.9 Å².